The number of carbonyl (C=O) groups is 2. The van der Waals surface area contributed by atoms with E-state index in [1.165, 1.54) is 18.3 Å². The molecule has 0 aliphatic rings. The molecule has 22 heavy (non-hydrogen) atoms. The van der Waals surface area contributed by atoms with Gasteiger partial charge in [-0.25, -0.2) is 9.52 Å². The molecular formula is C15H18N2O5. The van der Waals surface area contributed by atoms with Gasteiger partial charge in [0.15, 0.2) is 0 Å². The van der Waals surface area contributed by atoms with E-state index in [2.05, 4.69) is 0 Å². The van der Waals surface area contributed by atoms with Crippen molar-refractivity contribution in [2.45, 2.75) is 33.3 Å². The Bertz CT molecular complexity index is 727. The van der Waals surface area contributed by atoms with Gasteiger partial charge in [-0.05, 0) is 39.8 Å². The van der Waals surface area contributed by atoms with Gasteiger partial charge in [-0.1, -0.05) is 0 Å². The predicted octanol–water partition coefficient (Wildman–Crippen LogP) is 2.23. The van der Waals surface area contributed by atoms with Crippen molar-refractivity contribution in [1.82, 2.24) is 4.57 Å². The average Bonchev–Trinajstić information content (AvgIpc) is 2.78. The van der Waals surface area contributed by atoms with Crippen LogP contribution in [0.4, 0.5) is 4.79 Å². The molecule has 7 heteroatoms. The van der Waals surface area contributed by atoms with Crippen LogP contribution in [0.15, 0.2) is 24.4 Å². The van der Waals surface area contributed by atoms with Crippen LogP contribution in [0, 0.1) is 5.21 Å². The Morgan fingerprint density at radius 3 is 2.64 bits per heavy atom. The Morgan fingerprint density at radius 2 is 2.05 bits per heavy atom. The number of aromatic nitrogens is 2. The number of hydrogen-bond donors (Lipinski definition) is 0. The van der Waals surface area contributed by atoms with Gasteiger partial charge in [-0.2, -0.15) is 4.79 Å². The molecule has 0 bridgehead atoms. The van der Waals surface area contributed by atoms with Crippen LogP contribution in [-0.4, -0.2) is 28.8 Å². The van der Waals surface area contributed by atoms with Crippen molar-refractivity contribution in [2.75, 3.05) is 6.61 Å². The highest BCUT2D eigenvalue weighted by Gasteiger charge is 2.33. The number of pyridine rings is 1. The highest BCUT2D eigenvalue weighted by atomic mass is 16.6. The molecule has 0 aromatic carbocycles. The smallest absolute Gasteiger partial charge is 0.513 e. The van der Waals surface area contributed by atoms with Gasteiger partial charge in [0, 0.05) is 6.07 Å². The van der Waals surface area contributed by atoms with Crippen LogP contribution >= 0.6 is 0 Å². The van der Waals surface area contributed by atoms with Crippen molar-refractivity contribution in [2.24, 2.45) is 0 Å². The van der Waals surface area contributed by atoms with Crippen molar-refractivity contribution in [3.05, 3.63) is 35.3 Å². The van der Waals surface area contributed by atoms with Gasteiger partial charge in [-0.15, -0.1) is 4.57 Å². The molecule has 0 saturated heterocycles. The van der Waals surface area contributed by atoms with Crippen LogP contribution in [0.2, 0.25) is 0 Å². The minimum Gasteiger partial charge on any atom is -0.711 e. The number of hydrogen-bond acceptors (Lipinski definition) is 5. The molecule has 0 spiro atoms. The highest BCUT2D eigenvalue weighted by molar-refractivity contribution is 5.99. The lowest BCUT2D eigenvalue weighted by Gasteiger charge is -2.18. The maximum absolute atomic E-state index is 12.4. The van der Waals surface area contributed by atoms with Crippen molar-refractivity contribution >= 4 is 23.1 Å². The Hall–Kier alpha value is -2.57. The molecule has 0 atom stereocenters. The third-order valence-electron chi connectivity index (χ3n) is 2.77. The first-order chi connectivity index (χ1) is 10.2. The van der Waals surface area contributed by atoms with Crippen molar-refractivity contribution in [1.29, 1.82) is 0 Å². The number of fused-ring (bicyclic) bond motifs is 1. The standard InChI is InChI=1S/C15H18N2O5/c1-5-21-13(18)11-9-10-7-6-8-16(20)12(10)17(11)14(19)22-15(2,3)4/h6-9H,5H2,1-4H3. The molecule has 0 unspecified atom stereocenters. The topological polar surface area (TPSA) is 84.5 Å². The molecule has 7 nitrogen and oxygen atoms in total. The van der Waals surface area contributed by atoms with Crippen LogP contribution in [0.5, 0.6) is 0 Å². The zero-order valence-corrected chi connectivity index (χ0v) is 13.0. The summed E-state index contributed by atoms with van der Waals surface area (Å²) in [5.41, 5.74) is -0.774. The largest absolute Gasteiger partial charge is 0.711 e. The van der Waals surface area contributed by atoms with E-state index >= 15 is 0 Å². The number of carbonyl (C=O) groups excluding carboxylic acids is 2. The van der Waals surface area contributed by atoms with E-state index in [1.54, 1.807) is 33.8 Å². The lowest BCUT2D eigenvalue weighted by molar-refractivity contribution is -0.579. The lowest BCUT2D eigenvalue weighted by atomic mass is 10.2. The molecule has 2 rings (SSSR count). The van der Waals surface area contributed by atoms with Crippen molar-refractivity contribution < 1.29 is 23.8 Å². The first-order valence-electron chi connectivity index (χ1n) is 6.88. The third kappa shape index (κ3) is 3.03. The molecule has 0 aliphatic heterocycles. The molecule has 2 aromatic rings. The summed E-state index contributed by atoms with van der Waals surface area (Å²) in [4.78, 5) is 24.5. The number of rotatable bonds is 2. The van der Waals surface area contributed by atoms with Crippen molar-refractivity contribution in [3.63, 3.8) is 0 Å². The average molecular weight is 306 g/mol. The van der Waals surface area contributed by atoms with Crippen LogP contribution in [0.1, 0.15) is 38.2 Å². The SMILES string of the molecule is CCOC(=O)c1cc2ccc[n+]([O-])c2n1C(=O)OC(C)(C)C. The minimum absolute atomic E-state index is 0.0276. The molecule has 0 amide bonds. The van der Waals surface area contributed by atoms with Gasteiger partial charge in [0.1, 0.15) is 5.60 Å². The molecule has 0 radical (unpaired) electrons. The fraction of sp³-hybridized carbons (Fsp3) is 0.400. The minimum atomic E-state index is -0.804. The van der Waals surface area contributed by atoms with Gasteiger partial charge >= 0.3 is 17.7 Å². The van der Waals surface area contributed by atoms with E-state index in [1.807, 2.05) is 0 Å². The Balaban J connectivity index is 2.64. The Kier molecular flexibility index (Phi) is 4.07. The van der Waals surface area contributed by atoms with Gasteiger partial charge in [0.05, 0.1) is 18.2 Å². The second-order valence-electron chi connectivity index (χ2n) is 5.68. The van der Waals surface area contributed by atoms with Gasteiger partial charge in [-0.3, -0.25) is 0 Å². The fourth-order valence-electron chi connectivity index (χ4n) is 2.01. The second-order valence-corrected chi connectivity index (χ2v) is 5.68. The predicted molar refractivity (Wildman–Crippen MR) is 78.5 cm³/mol. The molecule has 2 heterocycles. The van der Waals surface area contributed by atoms with E-state index in [9.17, 15) is 14.8 Å². The molecule has 2 aromatic heterocycles. The summed E-state index contributed by atoms with van der Waals surface area (Å²) in [6, 6.07) is 4.60. The molecular weight excluding hydrogens is 288 g/mol. The van der Waals surface area contributed by atoms with E-state index in [-0.39, 0.29) is 17.9 Å². The zero-order chi connectivity index (χ0) is 16.5. The van der Waals surface area contributed by atoms with E-state index in [0.717, 1.165) is 4.57 Å². The Labute approximate surface area is 127 Å². The maximum atomic E-state index is 12.4. The van der Waals surface area contributed by atoms with E-state index < -0.39 is 17.7 Å². The summed E-state index contributed by atoms with van der Waals surface area (Å²) in [7, 11) is 0. The van der Waals surface area contributed by atoms with Crippen molar-refractivity contribution in [3.8, 4) is 0 Å². The fourth-order valence-corrected chi connectivity index (χ4v) is 2.01. The summed E-state index contributed by atoms with van der Waals surface area (Å²) in [6.07, 6.45) is 0.444. The summed E-state index contributed by atoms with van der Waals surface area (Å²) >= 11 is 0. The third-order valence-corrected chi connectivity index (χ3v) is 2.77. The monoisotopic (exact) mass is 306 g/mol. The quantitative estimate of drug-likeness (QED) is 0.482. The normalized spacial score (nSPS) is 11.5. The second kappa shape index (κ2) is 5.67. The first-order valence-corrected chi connectivity index (χ1v) is 6.88. The highest BCUT2D eigenvalue weighted by Crippen LogP contribution is 2.20. The summed E-state index contributed by atoms with van der Waals surface area (Å²) < 4.78 is 11.7. The van der Waals surface area contributed by atoms with Crippen LogP contribution in [-0.2, 0) is 9.47 Å². The number of nitrogens with zero attached hydrogens (tertiary/aromatic N) is 2. The van der Waals surface area contributed by atoms with Gasteiger partial charge in [0.2, 0.25) is 5.69 Å². The summed E-state index contributed by atoms with van der Waals surface area (Å²) in [5, 5.41) is 12.4. The summed E-state index contributed by atoms with van der Waals surface area (Å²) in [5.74, 6) is -0.690. The number of esters is 1. The van der Waals surface area contributed by atoms with E-state index in [4.69, 9.17) is 9.47 Å². The molecule has 0 aliphatic carbocycles. The van der Waals surface area contributed by atoms with Gasteiger partial charge < -0.3 is 14.7 Å². The molecule has 0 fully saturated rings. The summed E-state index contributed by atoms with van der Waals surface area (Å²) in [6.45, 7) is 6.92. The van der Waals surface area contributed by atoms with Gasteiger partial charge in [0.25, 0.3) is 0 Å². The molecule has 0 saturated carbocycles. The lowest BCUT2D eigenvalue weighted by Crippen LogP contribution is -2.34. The van der Waals surface area contributed by atoms with Crippen LogP contribution in [0.3, 0.4) is 0 Å². The van der Waals surface area contributed by atoms with E-state index in [0.29, 0.717) is 10.1 Å². The Morgan fingerprint density at radius 1 is 1.36 bits per heavy atom. The van der Waals surface area contributed by atoms with Crippen LogP contribution < -0.4 is 4.73 Å². The van der Waals surface area contributed by atoms with Crippen LogP contribution in [0.25, 0.3) is 11.0 Å². The zero-order valence-electron chi connectivity index (χ0n) is 13.0. The molecule has 0 N–H and O–H groups in total. The first kappa shape index (κ1) is 15.8. The number of ether oxygens (including phenoxy) is 2. The molecule has 118 valence electrons. The maximum Gasteiger partial charge on any atom is 0.513 e.